The molecule has 0 saturated heterocycles. The van der Waals surface area contributed by atoms with Crippen molar-refractivity contribution < 1.29 is 4.42 Å². The zero-order valence-corrected chi connectivity index (χ0v) is 11.2. The molecule has 4 heteroatoms. The van der Waals surface area contributed by atoms with Crippen LogP contribution >= 0.6 is 0 Å². The van der Waals surface area contributed by atoms with Gasteiger partial charge in [-0.05, 0) is 25.5 Å². The molecule has 0 bridgehead atoms. The minimum Gasteiger partial charge on any atom is -0.458 e. The lowest BCUT2D eigenvalue weighted by Gasteiger charge is -2.06. The third-order valence-corrected chi connectivity index (χ3v) is 2.64. The zero-order valence-electron chi connectivity index (χ0n) is 11.2. The first-order valence-electron chi connectivity index (χ1n) is 6.41. The summed E-state index contributed by atoms with van der Waals surface area (Å²) in [6, 6.07) is 5.85. The lowest BCUT2D eigenvalue weighted by Crippen LogP contribution is -2.04. The Morgan fingerprint density at radius 1 is 1.22 bits per heavy atom. The van der Waals surface area contributed by atoms with Crippen molar-refractivity contribution in [2.24, 2.45) is 0 Å². The standard InChI is InChI=1S/C14H19N3O/c1-4-8-15-13-9-10(3)16-14(17-13)12-7-6-11(5-2)18-12/h6-7,9H,4-5,8H2,1-3H3,(H,15,16,17). The van der Waals surface area contributed by atoms with E-state index in [0.29, 0.717) is 5.82 Å². The first-order valence-corrected chi connectivity index (χ1v) is 6.41. The van der Waals surface area contributed by atoms with Gasteiger partial charge in [0.1, 0.15) is 11.6 Å². The molecule has 2 heterocycles. The SMILES string of the molecule is CCCNc1cc(C)nc(-c2ccc(CC)o2)n1. The van der Waals surface area contributed by atoms with E-state index in [4.69, 9.17) is 4.42 Å². The molecule has 0 unspecified atom stereocenters. The quantitative estimate of drug-likeness (QED) is 0.876. The molecule has 0 saturated carbocycles. The number of nitrogens with zero attached hydrogens (tertiary/aromatic N) is 2. The van der Waals surface area contributed by atoms with Crippen molar-refractivity contribution in [3.8, 4) is 11.6 Å². The van der Waals surface area contributed by atoms with E-state index in [-0.39, 0.29) is 0 Å². The fourth-order valence-electron chi connectivity index (χ4n) is 1.71. The summed E-state index contributed by atoms with van der Waals surface area (Å²) in [7, 11) is 0. The van der Waals surface area contributed by atoms with Crippen LogP contribution in [0.25, 0.3) is 11.6 Å². The molecule has 2 rings (SSSR count). The third-order valence-electron chi connectivity index (χ3n) is 2.64. The number of hydrogen-bond acceptors (Lipinski definition) is 4. The van der Waals surface area contributed by atoms with Gasteiger partial charge in [0.2, 0.25) is 0 Å². The van der Waals surface area contributed by atoms with Gasteiger partial charge >= 0.3 is 0 Å². The lowest BCUT2D eigenvalue weighted by molar-refractivity contribution is 0.525. The molecule has 4 nitrogen and oxygen atoms in total. The van der Waals surface area contributed by atoms with Crippen LogP contribution in [0.3, 0.4) is 0 Å². The normalized spacial score (nSPS) is 10.6. The number of aryl methyl sites for hydroxylation is 2. The highest BCUT2D eigenvalue weighted by molar-refractivity contribution is 5.51. The summed E-state index contributed by atoms with van der Waals surface area (Å²) in [6.45, 7) is 7.07. The van der Waals surface area contributed by atoms with Gasteiger partial charge in [-0.3, -0.25) is 0 Å². The van der Waals surface area contributed by atoms with Gasteiger partial charge in [0.15, 0.2) is 11.6 Å². The minimum atomic E-state index is 0.647. The number of nitrogens with one attached hydrogen (secondary N) is 1. The second kappa shape index (κ2) is 5.67. The number of hydrogen-bond donors (Lipinski definition) is 1. The molecule has 18 heavy (non-hydrogen) atoms. The van der Waals surface area contributed by atoms with Crippen LogP contribution < -0.4 is 5.32 Å². The van der Waals surface area contributed by atoms with E-state index < -0.39 is 0 Å². The Balaban J connectivity index is 2.29. The van der Waals surface area contributed by atoms with Gasteiger partial charge in [-0.2, -0.15) is 0 Å². The topological polar surface area (TPSA) is 51.0 Å². The molecule has 0 spiro atoms. The molecule has 0 atom stereocenters. The average Bonchev–Trinajstić information content (AvgIpc) is 2.84. The molecule has 0 aromatic carbocycles. The molecule has 0 radical (unpaired) electrons. The molecule has 2 aromatic heterocycles. The van der Waals surface area contributed by atoms with Crippen LogP contribution in [0.5, 0.6) is 0 Å². The molecule has 0 aliphatic heterocycles. The van der Waals surface area contributed by atoms with E-state index in [1.165, 1.54) is 0 Å². The number of furan rings is 1. The lowest BCUT2D eigenvalue weighted by atomic mass is 10.3. The minimum absolute atomic E-state index is 0.647. The summed E-state index contributed by atoms with van der Waals surface area (Å²) in [6.07, 6.45) is 1.95. The van der Waals surface area contributed by atoms with Crippen LogP contribution in [0.1, 0.15) is 31.7 Å². The number of aromatic nitrogens is 2. The highest BCUT2D eigenvalue weighted by Crippen LogP contribution is 2.20. The summed E-state index contributed by atoms with van der Waals surface area (Å²) >= 11 is 0. The molecule has 1 N–H and O–H groups in total. The van der Waals surface area contributed by atoms with Crippen molar-refractivity contribution in [1.82, 2.24) is 9.97 Å². The second-order valence-electron chi connectivity index (χ2n) is 4.26. The molecule has 2 aromatic rings. The molecule has 0 amide bonds. The molecule has 0 aliphatic rings. The van der Waals surface area contributed by atoms with Crippen molar-refractivity contribution >= 4 is 5.82 Å². The van der Waals surface area contributed by atoms with E-state index in [1.54, 1.807) is 0 Å². The Morgan fingerprint density at radius 2 is 2.06 bits per heavy atom. The third kappa shape index (κ3) is 2.88. The monoisotopic (exact) mass is 245 g/mol. The van der Waals surface area contributed by atoms with Gasteiger partial charge < -0.3 is 9.73 Å². The Morgan fingerprint density at radius 3 is 2.72 bits per heavy atom. The Bertz CT molecular complexity index is 520. The molecule has 0 fully saturated rings. The van der Waals surface area contributed by atoms with Crippen LogP contribution in [0.2, 0.25) is 0 Å². The summed E-state index contributed by atoms with van der Waals surface area (Å²) < 4.78 is 5.68. The van der Waals surface area contributed by atoms with Crippen LogP contribution in [0, 0.1) is 6.92 Å². The van der Waals surface area contributed by atoms with E-state index in [2.05, 4.69) is 29.1 Å². The van der Waals surface area contributed by atoms with E-state index >= 15 is 0 Å². The highest BCUT2D eigenvalue weighted by Gasteiger charge is 2.09. The van der Waals surface area contributed by atoms with Gasteiger partial charge in [-0.15, -0.1) is 0 Å². The van der Waals surface area contributed by atoms with Gasteiger partial charge in [-0.25, -0.2) is 9.97 Å². The number of rotatable bonds is 5. The second-order valence-corrected chi connectivity index (χ2v) is 4.26. The first kappa shape index (κ1) is 12.6. The zero-order chi connectivity index (χ0) is 13.0. The van der Waals surface area contributed by atoms with E-state index in [9.17, 15) is 0 Å². The molecular weight excluding hydrogens is 226 g/mol. The van der Waals surface area contributed by atoms with Gasteiger partial charge in [0.25, 0.3) is 0 Å². The summed E-state index contributed by atoms with van der Waals surface area (Å²) in [5.74, 6) is 3.19. The van der Waals surface area contributed by atoms with Crippen molar-refractivity contribution in [3.63, 3.8) is 0 Å². The van der Waals surface area contributed by atoms with E-state index in [0.717, 1.165) is 42.4 Å². The number of anilines is 1. The molecular formula is C14H19N3O. The molecule has 96 valence electrons. The van der Waals surface area contributed by atoms with Crippen LogP contribution in [-0.2, 0) is 6.42 Å². The van der Waals surface area contributed by atoms with Crippen LogP contribution in [-0.4, -0.2) is 16.5 Å². The summed E-state index contributed by atoms with van der Waals surface area (Å²) in [5, 5.41) is 3.27. The first-order chi connectivity index (χ1) is 8.72. The van der Waals surface area contributed by atoms with Gasteiger partial charge in [0.05, 0.1) is 0 Å². The van der Waals surface area contributed by atoms with Crippen molar-refractivity contribution in [2.45, 2.75) is 33.6 Å². The summed E-state index contributed by atoms with van der Waals surface area (Å²) in [5.41, 5.74) is 0.938. The van der Waals surface area contributed by atoms with Crippen molar-refractivity contribution in [3.05, 3.63) is 29.7 Å². The maximum absolute atomic E-state index is 5.68. The van der Waals surface area contributed by atoms with Gasteiger partial charge in [0, 0.05) is 24.7 Å². The van der Waals surface area contributed by atoms with Crippen LogP contribution in [0.15, 0.2) is 22.6 Å². The van der Waals surface area contributed by atoms with Crippen LogP contribution in [0.4, 0.5) is 5.82 Å². The Labute approximate surface area is 107 Å². The maximum Gasteiger partial charge on any atom is 0.197 e. The Kier molecular flexibility index (Phi) is 3.97. The van der Waals surface area contributed by atoms with E-state index in [1.807, 2.05) is 25.1 Å². The summed E-state index contributed by atoms with van der Waals surface area (Å²) in [4.78, 5) is 8.89. The smallest absolute Gasteiger partial charge is 0.197 e. The fraction of sp³-hybridized carbons (Fsp3) is 0.429. The Hall–Kier alpha value is -1.84. The van der Waals surface area contributed by atoms with Gasteiger partial charge in [-0.1, -0.05) is 13.8 Å². The fourth-order valence-corrected chi connectivity index (χ4v) is 1.71. The van der Waals surface area contributed by atoms with Crippen molar-refractivity contribution in [2.75, 3.05) is 11.9 Å². The predicted octanol–water partition coefficient (Wildman–Crippen LogP) is 3.43. The highest BCUT2D eigenvalue weighted by atomic mass is 16.3. The van der Waals surface area contributed by atoms with Crippen molar-refractivity contribution in [1.29, 1.82) is 0 Å². The molecule has 0 aliphatic carbocycles. The average molecular weight is 245 g/mol. The predicted molar refractivity (Wildman–Crippen MR) is 72.6 cm³/mol. The maximum atomic E-state index is 5.68. The largest absolute Gasteiger partial charge is 0.458 e.